The fourth-order valence-corrected chi connectivity index (χ4v) is 1.66. The highest BCUT2D eigenvalue weighted by Crippen LogP contribution is 2.19. The molecular formula is C12H7F2N3. The van der Waals surface area contributed by atoms with Crippen molar-refractivity contribution < 1.29 is 8.78 Å². The van der Waals surface area contributed by atoms with Crippen molar-refractivity contribution in [2.24, 2.45) is 0 Å². The summed E-state index contributed by atoms with van der Waals surface area (Å²) in [5.41, 5.74) is 1.72. The predicted octanol–water partition coefficient (Wildman–Crippen LogP) is 2.67. The van der Waals surface area contributed by atoms with Gasteiger partial charge in [-0.15, -0.1) is 0 Å². The molecule has 84 valence electrons. The minimum absolute atomic E-state index is 0.348. The Balaban J connectivity index is 2.18. The highest BCUT2D eigenvalue weighted by molar-refractivity contribution is 5.61. The normalized spacial score (nSPS) is 10.9. The smallest absolute Gasteiger partial charge is 0.142 e. The third-order valence-electron chi connectivity index (χ3n) is 2.42. The van der Waals surface area contributed by atoms with Crippen LogP contribution in [0.2, 0.25) is 0 Å². The molecule has 0 aliphatic heterocycles. The molecule has 3 rings (SSSR count). The molecule has 0 aliphatic carbocycles. The molecule has 0 N–H and O–H groups in total. The fraction of sp³-hybridized carbons (Fsp3) is 0. The maximum Gasteiger partial charge on any atom is 0.142 e. The Morgan fingerprint density at radius 1 is 1.00 bits per heavy atom. The standard InChI is InChI=1S/C12H7F2N3/c13-9-1-2-12-16-11(7-17(12)6-9)8-3-10(14)5-15-4-8/h1-7H. The summed E-state index contributed by atoms with van der Waals surface area (Å²) in [6.45, 7) is 0. The van der Waals surface area contributed by atoms with Crippen LogP contribution in [0.5, 0.6) is 0 Å². The maximum absolute atomic E-state index is 13.0. The number of halogens is 2. The van der Waals surface area contributed by atoms with Gasteiger partial charge in [-0.1, -0.05) is 0 Å². The zero-order valence-corrected chi connectivity index (χ0v) is 8.64. The van der Waals surface area contributed by atoms with Crippen molar-refractivity contribution in [1.29, 1.82) is 0 Å². The molecule has 0 aliphatic rings. The Morgan fingerprint density at radius 3 is 2.71 bits per heavy atom. The minimum Gasteiger partial charge on any atom is -0.304 e. The van der Waals surface area contributed by atoms with E-state index in [1.54, 1.807) is 16.7 Å². The van der Waals surface area contributed by atoms with E-state index in [1.165, 1.54) is 24.5 Å². The average molecular weight is 231 g/mol. The fourth-order valence-electron chi connectivity index (χ4n) is 1.66. The number of imidazole rings is 1. The molecule has 0 fully saturated rings. The van der Waals surface area contributed by atoms with Crippen LogP contribution in [0.3, 0.4) is 0 Å². The lowest BCUT2D eigenvalue weighted by Crippen LogP contribution is -1.83. The van der Waals surface area contributed by atoms with Crippen molar-refractivity contribution in [3.8, 4) is 11.3 Å². The first-order valence-electron chi connectivity index (χ1n) is 4.97. The van der Waals surface area contributed by atoms with Crippen molar-refractivity contribution in [2.45, 2.75) is 0 Å². The number of nitrogens with zero attached hydrogens (tertiary/aromatic N) is 3. The number of rotatable bonds is 1. The van der Waals surface area contributed by atoms with E-state index in [1.807, 2.05) is 0 Å². The summed E-state index contributed by atoms with van der Waals surface area (Å²) in [5.74, 6) is -0.774. The van der Waals surface area contributed by atoms with Gasteiger partial charge in [-0.3, -0.25) is 4.98 Å². The van der Waals surface area contributed by atoms with Gasteiger partial charge < -0.3 is 4.40 Å². The molecule has 0 amide bonds. The molecule has 0 unspecified atom stereocenters. The quantitative estimate of drug-likeness (QED) is 0.644. The Morgan fingerprint density at radius 2 is 1.88 bits per heavy atom. The molecule has 0 atom stereocenters. The summed E-state index contributed by atoms with van der Waals surface area (Å²) in [4.78, 5) is 8.00. The number of hydrogen-bond acceptors (Lipinski definition) is 2. The number of fused-ring (bicyclic) bond motifs is 1. The van der Waals surface area contributed by atoms with Crippen molar-refractivity contribution in [2.75, 3.05) is 0 Å². The van der Waals surface area contributed by atoms with Crippen molar-refractivity contribution in [3.63, 3.8) is 0 Å². The molecule has 17 heavy (non-hydrogen) atoms. The highest BCUT2D eigenvalue weighted by atomic mass is 19.1. The minimum atomic E-state index is -0.425. The first-order chi connectivity index (χ1) is 8.22. The third-order valence-corrected chi connectivity index (χ3v) is 2.42. The molecule has 0 saturated heterocycles. The second-order valence-electron chi connectivity index (χ2n) is 3.63. The highest BCUT2D eigenvalue weighted by Gasteiger charge is 2.06. The first kappa shape index (κ1) is 9.89. The molecule has 0 aromatic carbocycles. The Kier molecular flexibility index (Phi) is 2.11. The van der Waals surface area contributed by atoms with Gasteiger partial charge in [-0.05, 0) is 18.2 Å². The maximum atomic E-state index is 13.0. The summed E-state index contributed by atoms with van der Waals surface area (Å²) in [7, 11) is 0. The van der Waals surface area contributed by atoms with E-state index < -0.39 is 5.82 Å². The van der Waals surface area contributed by atoms with Crippen molar-refractivity contribution >= 4 is 5.65 Å². The van der Waals surface area contributed by atoms with Gasteiger partial charge in [0.1, 0.15) is 17.3 Å². The Labute approximate surface area is 95.4 Å². The van der Waals surface area contributed by atoms with E-state index >= 15 is 0 Å². The van der Waals surface area contributed by atoms with Crippen molar-refractivity contribution in [3.05, 3.63) is 54.6 Å². The molecule has 0 bridgehead atoms. The second kappa shape index (κ2) is 3.62. The summed E-state index contributed by atoms with van der Waals surface area (Å²) in [6, 6.07) is 4.23. The molecule has 0 saturated carbocycles. The average Bonchev–Trinajstić information content (AvgIpc) is 2.72. The molecular weight excluding hydrogens is 224 g/mol. The second-order valence-corrected chi connectivity index (χ2v) is 3.63. The van der Waals surface area contributed by atoms with Crippen LogP contribution >= 0.6 is 0 Å². The van der Waals surface area contributed by atoms with Gasteiger partial charge in [0.05, 0.1) is 11.9 Å². The zero-order chi connectivity index (χ0) is 11.8. The van der Waals surface area contributed by atoms with Gasteiger partial charge >= 0.3 is 0 Å². The summed E-state index contributed by atoms with van der Waals surface area (Å²) in [6.07, 6.45) is 5.59. The molecule has 3 heterocycles. The monoisotopic (exact) mass is 231 g/mol. The topological polar surface area (TPSA) is 30.2 Å². The SMILES string of the molecule is Fc1cncc(-c2cn3cc(F)ccc3n2)c1. The summed E-state index contributed by atoms with van der Waals surface area (Å²) < 4.78 is 27.6. The Bertz CT molecular complexity index is 691. The number of aromatic nitrogens is 3. The lowest BCUT2D eigenvalue weighted by Gasteiger charge is -1.94. The van der Waals surface area contributed by atoms with Gasteiger partial charge in [0.2, 0.25) is 0 Å². The molecule has 3 aromatic heterocycles. The van der Waals surface area contributed by atoms with E-state index in [0.29, 0.717) is 16.9 Å². The number of hydrogen-bond donors (Lipinski definition) is 0. The van der Waals surface area contributed by atoms with Gasteiger partial charge in [0.15, 0.2) is 0 Å². The predicted molar refractivity (Wildman–Crippen MR) is 58.3 cm³/mol. The molecule has 0 spiro atoms. The van der Waals surface area contributed by atoms with Crippen LogP contribution in [0.1, 0.15) is 0 Å². The molecule has 0 radical (unpaired) electrons. The van der Waals surface area contributed by atoms with E-state index in [4.69, 9.17) is 0 Å². The third kappa shape index (κ3) is 1.75. The van der Waals surface area contributed by atoms with Crippen LogP contribution in [-0.4, -0.2) is 14.4 Å². The van der Waals surface area contributed by atoms with Gasteiger partial charge in [0.25, 0.3) is 0 Å². The van der Waals surface area contributed by atoms with Gasteiger partial charge in [0, 0.05) is 24.2 Å². The van der Waals surface area contributed by atoms with Gasteiger partial charge in [-0.2, -0.15) is 0 Å². The van der Waals surface area contributed by atoms with E-state index in [9.17, 15) is 8.78 Å². The molecule has 5 heteroatoms. The molecule has 3 aromatic rings. The lowest BCUT2D eigenvalue weighted by atomic mass is 10.2. The van der Waals surface area contributed by atoms with Gasteiger partial charge in [-0.25, -0.2) is 13.8 Å². The van der Waals surface area contributed by atoms with Crippen LogP contribution in [0, 0.1) is 11.6 Å². The first-order valence-corrected chi connectivity index (χ1v) is 4.97. The van der Waals surface area contributed by atoms with Crippen LogP contribution in [-0.2, 0) is 0 Å². The lowest BCUT2D eigenvalue weighted by molar-refractivity contribution is 0.619. The van der Waals surface area contributed by atoms with Crippen LogP contribution in [0.4, 0.5) is 8.78 Å². The van der Waals surface area contributed by atoms with E-state index in [0.717, 1.165) is 6.20 Å². The zero-order valence-electron chi connectivity index (χ0n) is 8.64. The summed E-state index contributed by atoms with van der Waals surface area (Å²) >= 11 is 0. The summed E-state index contributed by atoms with van der Waals surface area (Å²) in [5, 5.41) is 0. The molecule has 3 nitrogen and oxygen atoms in total. The van der Waals surface area contributed by atoms with E-state index in [-0.39, 0.29) is 5.82 Å². The van der Waals surface area contributed by atoms with Crippen LogP contribution < -0.4 is 0 Å². The van der Waals surface area contributed by atoms with Crippen LogP contribution in [0.25, 0.3) is 16.9 Å². The number of pyridine rings is 2. The van der Waals surface area contributed by atoms with Crippen molar-refractivity contribution in [1.82, 2.24) is 14.4 Å². The van der Waals surface area contributed by atoms with E-state index in [2.05, 4.69) is 9.97 Å². The van der Waals surface area contributed by atoms with Crippen LogP contribution in [0.15, 0.2) is 43.0 Å². The Hall–Kier alpha value is -2.30. The largest absolute Gasteiger partial charge is 0.304 e.